The van der Waals surface area contributed by atoms with E-state index in [4.69, 9.17) is 0 Å². The summed E-state index contributed by atoms with van der Waals surface area (Å²) in [6.07, 6.45) is 3.48. The lowest BCUT2D eigenvalue weighted by molar-refractivity contribution is 0.171. The topological polar surface area (TPSA) is 36.4 Å². The van der Waals surface area contributed by atoms with E-state index in [-0.39, 0.29) is 6.03 Å². The Kier molecular flexibility index (Phi) is 4.09. The Morgan fingerprint density at radius 3 is 2.40 bits per heavy atom. The molecule has 0 bridgehead atoms. The van der Waals surface area contributed by atoms with Crippen molar-refractivity contribution < 1.29 is 4.79 Å². The number of hydrogen-bond acceptors (Lipinski definition) is 2. The Labute approximate surface area is 90.5 Å². The van der Waals surface area contributed by atoms with Gasteiger partial charge in [-0.25, -0.2) is 4.79 Å². The van der Waals surface area contributed by atoms with Gasteiger partial charge in [0.05, 0.1) is 0 Å². The molecule has 0 aliphatic rings. The summed E-state index contributed by atoms with van der Waals surface area (Å²) in [6.45, 7) is 3.32. The number of pyridine rings is 1. The molecular weight excluding hydrogens is 190 g/mol. The fourth-order valence-electron chi connectivity index (χ4n) is 1.31. The van der Waals surface area contributed by atoms with E-state index >= 15 is 0 Å². The number of aromatic nitrogens is 1. The molecule has 15 heavy (non-hydrogen) atoms. The highest BCUT2D eigenvalue weighted by Gasteiger charge is 2.13. The number of amides is 2. The zero-order valence-corrected chi connectivity index (χ0v) is 9.47. The quantitative estimate of drug-likeness (QED) is 0.754. The summed E-state index contributed by atoms with van der Waals surface area (Å²) >= 11 is 0. The van der Waals surface area contributed by atoms with Crippen LogP contribution in [0.4, 0.5) is 4.79 Å². The third-order valence-electron chi connectivity index (χ3n) is 2.16. The largest absolute Gasteiger partial charge is 0.331 e. The van der Waals surface area contributed by atoms with Gasteiger partial charge in [0.15, 0.2) is 0 Å². The van der Waals surface area contributed by atoms with Gasteiger partial charge in [-0.2, -0.15) is 0 Å². The second kappa shape index (κ2) is 5.34. The van der Waals surface area contributed by atoms with Crippen molar-refractivity contribution >= 4 is 6.03 Å². The summed E-state index contributed by atoms with van der Waals surface area (Å²) in [4.78, 5) is 19.0. The van der Waals surface area contributed by atoms with Crippen LogP contribution in [0.5, 0.6) is 0 Å². The number of carbonyl (C=O) groups is 1. The van der Waals surface area contributed by atoms with Gasteiger partial charge in [0.25, 0.3) is 0 Å². The van der Waals surface area contributed by atoms with Crippen LogP contribution in [0.2, 0.25) is 0 Å². The zero-order valence-electron chi connectivity index (χ0n) is 9.47. The molecule has 82 valence electrons. The molecule has 0 fully saturated rings. The molecule has 4 nitrogen and oxygen atoms in total. The fourth-order valence-corrected chi connectivity index (χ4v) is 1.31. The maximum atomic E-state index is 11.7. The van der Waals surface area contributed by atoms with Crippen LogP contribution in [0.15, 0.2) is 24.5 Å². The number of carbonyl (C=O) groups excluding carboxylic acids is 1. The number of nitrogens with zero attached hydrogens (tertiary/aromatic N) is 3. The predicted octanol–water partition coefficient (Wildman–Crippen LogP) is 1.59. The molecule has 0 radical (unpaired) electrons. The maximum absolute atomic E-state index is 11.7. The van der Waals surface area contributed by atoms with Gasteiger partial charge in [-0.05, 0) is 24.6 Å². The predicted molar refractivity (Wildman–Crippen MR) is 59.4 cm³/mol. The molecule has 0 N–H and O–H groups in total. The second-order valence-corrected chi connectivity index (χ2v) is 3.55. The third-order valence-corrected chi connectivity index (χ3v) is 2.16. The molecular formula is C11H17N3O. The minimum Gasteiger partial charge on any atom is -0.331 e. The summed E-state index contributed by atoms with van der Waals surface area (Å²) in [5, 5.41) is 0. The van der Waals surface area contributed by atoms with Crippen molar-refractivity contribution in [3.05, 3.63) is 30.1 Å². The average Bonchev–Trinajstić information content (AvgIpc) is 2.26. The van der Waals surface area contributed by atoms with Gasteiger partial charge in [0.2, 0.25) is 0 Å². The Morgan fingerprint density at radius 1 is 1.33 bits per heavy atom. The first-order valence-corrected chi connectivity index (χ1v) is 5.00. The third kappa shape index (κ3) is 3.23. The van der Waals surface area contributed by atoms with E-state index in [1.54, 1.807) is 36.3 Å². The molecule has 4 heteroatoms. The average molecular weight is 207 g/mol. The molecule has 0 aromatic carbocycles. The molecule has 0 atom stereocenters. The van der Waals surface area contributed by atoms with Crippen molar-refractivity contribution in [3.63, 3.8) is 0 Å². The van der Waals surface area contributed by atoms with E-state index in [0.717, 1.165) is 5.56 Å². The lowest BCUT2D eigenvalue weighted by Gasteiger charge is -2.24. The first-order chi connectivity index (χ1) is 7.15. The Balaban J connectivity index is 2.66. The van der Waals surface area contributed by atoms with Gasteiger partial charge in [0, 0.05) is 39.6 Å². The summed E-state index contributed by atoms with van der Waals surface area (Å²) < 4.78 is 0. The van der Waals surface area contributed by atoms with Gasteiger partial charge in [-0.15, -0.1) is 0 Å². The van der Waals surface area contributed by atoms with Gasteiger partial charge in [0.1, 0.15) is 0 Å². The Morgan fingerprint density at radius 2 is 1.93 bits per heavy atom. The van der Waals surface area contributed by atoms with Crippen molar-refractivity contribution in [3.8, 4) is 0 Å². The number of hydrogen-bond donors (Lipinski definition) is 0. The van der Waals surface area contributed by atoms with Crippen LogP contribution in [-0.4, -0.2) is 41.5 Å². The highest BCUT2D eigenvalue weighted by Crippen LogP contribution is 2.04. The van der Waals surface area contributed by atoms with E-state index in [1.807, 2.05) is 19.1 Å². The second-order valence-electron chi connectivity index (χ2n) is 3.55. The van der Waals surface area contributed by atoms with Gasteiger partial charge in [-0.1, -0.05) is 0 Å². The van der Waals surface area contributed by atoms with E-state index in [1.165, 1.54) is 0 Å². The molecule has 1 rings (SSSR count). The van der Waals surface area contributed by atoms with Crippen molar-refractivity contribution in [2.45, 2.75) is 13.5 Å². The smallest absolute Gasteiger partial charge is 0.319 e. The summed E-state index contributed by atoms with van der Waals surface area (Å²) in [7, 11) is 3.52. The molecule has 1 heterocycles. The summed E-state index contributed by atoms with van der Waals surface area (Å²) in [5.41, 5.74) is 1.10. The first-order valence-electron chi connectivity index (χ1n) is 5.00. The molecule has 1 aromatic rings. The van der Waals surface area contributed by atoms with Crippen LogP contribution in [0.3, 0.4) is 0 Å². The molecule has 0 aliphatic carbocycles. The number of rotatable bonds is 3. The SMILES string of the molecule is CCN(Cc1ccncc1)C(=O)N(C)C. The van der Waals surface area contributed by atoms with Crippen LogP contribution in [0.1, 0.15) is 12.5 Å². The molecule has 0 spiro atoms. The lowest BCUT2D eigenvalue weighted by Crippen LogP contribution is -2.38. The standard InChI is InChI=1S/C11H17N3O/c1-4-14(11(15)13(2)3)9-10-5-7-12-8-6-10/h5-8H,4,9H2,1-3H3. The monoisotopic (exact) mass is 207 g/mol. The van der Waals surface area contributed by atoms with E-state index in [9.17, 15) is 4.79 Å². The number of urea groups is 1. The van der Waals surface area contributed by atoms with Gasteiger partial charge in [-0.3, -0.25) is 4.98 Å². The minimum atomic E-state index is 0.0364. The lowest BCUT2D eigenvalue weighted by atomic mass is 10.2. The summed E-state index contributed by atoms with van der Waals surface area (Å²) in [6, 6.07) is 3.88. The molecule has 0 unspecified atom stereocenters. The Bertz CT molecular complexity index is 311. The molecule has 2 amide bonds. The van der Waals surface area contributed by atoms with E-state index in [2.05, 4.69) is 4.98 Å². The highest BCUT2D eigenvalue weighted by atomic mass is 16.2. The normalized spacial score (nSPS) is 9.80. The van der Waals surface area contributed by atoms with Crippen LogP contribution in [0, 0.1) is 0 Å². The van der Waals surface area contributed by atoms with E-state index < -0.39 is 0 Å². The minimum absolute atomic E-state index is 0.0364. The van der Waals surface area contributed by atoms with Gasteiger partial charge < -0.3 is 9.80 Å². The molecule has 1 aromatic heterocycles. The zero-order chi connectivity index (χ0) is 11.3. The van der Waals surface area contributed by atoms with Crippen molar-refractivity contribution in [1.29, 1.82) is 0 Å². The van der Waals surface area contributed by atoms with Crippen LogP contribution < -0.4 is 0 Å². The molecule has 0 saturated carbocycles. The van der Waals surface area contributed by atoms with Crippen LogP contribution in [-0.2, 0) is 6.54 Å². The first kappa shape index (κ1) is 11.5. The van der Waals surface area contributed by atoms with Crippen molar-refractivity contribution in [2.24, 2.45) is 0 Å². The highest BCUT2D eigenvalue weighted by molar-refractivity contribution is 5.73. The van der Waals surface area contributed by atoms with Crippen LogP contribution in [0.25, 0.3) is 0 Å². The fraction of sp³-hybridized carbons (Fsp3) is 0.455. The van der Waals surface area contributed by atoms with Crippen molar-refractivity contribution in [1.82, 2.24) is 14.8 Å². The van der Waals surface area contributed by atoms with Gasteiger partial charge >= 0.3 is 6.03 Å². The maximum Gasteiger partial charge on any atom is 0.319 e. The Hall–Kier alpha value is -1.58. The van der Waals surface area contributed by atoms with Crippen molar-refractivity contribution in [2.75, 3.05) is 20.6 Å². The van der Waals surface area contributed by atoms with Crippen LogP contribution >= 0.6 is 0 Å². The molecule has 0 saturated heterocycles. The summed E-state index contributed by atoms with van der Waals surface area (Å²) in [5.74, 6) is 0. The van der Waals surface area contributed by atoms with E-state index in [0.29, 0.717) is 13.1 Å². The molecule has 0 aliphatic heterocycles.